The summed E-state index contributed by atoms with van der Waals surface area (Å²) in [5, 5.41) is 2.75. The van der Waals surface area contributed by atoms with Crippen LogP contribution in [0.4, 0.5) is 10.1 Å². The van der Waals surface area contributed by atoms with Crippen molar-refractivity contribution in [3.05, 3.63) is 89.2 Å². The van der Waals surface area contributed by atoms with E-state index in [0.29, 0.717) is 23.8 Å². The standard InChI is InChI=1S/C22H19ClFNO3/c1-15(22(26)25-21-12-7-17(24)13-20(21)23)28-19-10-8-18(9-11-19)27-14-16-5-3-2-4-6-16/h2-13,15H,14H2,1H3,(H,25,26)/t15-/m1/s1. The van der Waals surface area contributed by atoms with Gasteiger partial charge < -0.3 is 14.8 Å². The van der Waals surface area contributed by atoms with Gasteiger partial charge in [-0.1, -0.05) is 41.9 Å². The Morgan fingerprint density at radius 1 is 1.04 bits per heavy atom. The molecule has 0 saturated heterocycles. The third kappa shape index (κ3) is 5.47. The number of carbonyl (C=O) groups is 1. The molecule has 0 aliphatic heterocycles. The van der Waals surface area contributed by atoms with Crippen molar-refractivity contribution in [2.45, 2.75) is 19.6 Å². The number of benzene rings is 3. The fraction of sp³-hybridized carbons (Fsp3) is 0.136. The van der Waals surface area contributed by atoms with Gasteiger partial charge in [0.15, 0.2) is 6.10 Å². The minimum absolute atomic E-state index is 0.125. The molecule has 3 rings (SSSR count). The van der Waals surface area contributed by atoms with Gasteiger partial charge in [-0.2, -0.15) is 0 Å². The summed E-state index contributed by atoms with van der Waals surface area (Å²) in [5.74, 6) is 0.367. The Labute approximate surface area is 167 Å². The van der Waals surface area contributed by atoms with Crippen LogP contribution in [0.15, 0.2) is 72.8 Å². The zero-order valence-corrected chi connectivity index (χ0v) is 15.9. The number of anilines is 1. The third-order valence-corrected chi connectivity index (χ3v) is 4.26. The van der Waals surface area contributed by atoms with Crippen molar-refractivity contribution in [3.63, 3.8) is 0 Å². The van der Waals surface area contributed by atoms with Crippen LogP contribution < -0.4 is 14.8 Å². The number of hydrogen-bond donors (Lipinski definition) is 1. The lowest BCUT2D eigenvalue weighted by Crippen LogP contribution is -2.30. The SMILES string of the molecule is C[C@@H](Oc1ccc(OCc2ccccc2)cc1)C(=O)Nc1ccc(F)cc1Cl. The average molecular weight is 400 g/mol. The number of amides is 1. The zero-order valence-electron chi connectivity index (χ0n) is 15.2. The lowest BCUT2D eigenvalue weighted by Gasteiger charge is -2.16. The predicted octanol–water partition coefficient (Wildman–Crippen LogP) is 5.46. The summed E-state index contributed by atoms with van der Waals surface area (Å²) < 4.78 is 24.4. The molecule has 0 aliphatic rings. The molecule has 0 fully saturated rings. The smallest absolute Gasteiger partial charge is 0.265 e. The van der Waals surface area contributed by atoms with E-state index in [0.717, 1.165) is 11.6 Å². The zero-order chi connectivity index (χ0) is 19.9. The van der Waals surface area contributed by atoms with Crippen LogP contribution in [0.3, 0.4) is 0 Å². The first-order valence-electron chi connectivity index (χ1n) is 8.70. The molecule has 0 aromatic heterocycles. The maximum atomic E-state index is 13.1. The van der Waals surface area contributed by atoms with Gasteiger partial charge in [-0.3, -0.25) is 4.79 Å². The monoisotopic (exact) mass is 399 g/mol. The average Bonchev–Trinajstić information content (AvgIpc) is 2.70. The quantitative estimate of drug-likeness (QED) is 0.573. The van der Waals surface area contributed by atoms with E-state index < -0.39 is 17.8 Å². The molecule has 1 amide bonds. The molecule has 1 atom stereocenters. The van der Waals surface area contributed by atoms with Crippen molar-refractivity contribution in [3.8, 4) is 11.5 Å². The molecule has 6 heteroatoms. The van der Waals surface area contributed by atoms with Crippen molar-refractivity contribution in [2.24, 2.45) is 0 Å². The Kier molecular flexibility index (Phi) is 6.50. The van der Waals surface area contributed by atoms with Crippen molar-refractivity contribution in [1.82, 2.24) is 0 Å². The highest BCUT2D eigenvalue weighted by molar-refractivity contribution is 6.33. The molecule has 28 heavy (non-hydrogen) atoms. The van der Waals surface area contributed by atoms with Crippen LogP contribution in [0, 0.1) is 5.82 Å². The second kappa shape index (κ2) is 9.24. The molecule has 3 aromatic rings. The highest BCUT2D eigenvalue weighted by Crippen LogP contribution is 2.23. The summed E-state index contributed by atoms with van der Waals surface area (Å²) in [6.45, 7) is 2.09. The van der Waals surface area contributed by atoms with E-state index in [9.17, 15) is 9.18 Å². The minimum Gasteiger partial charge on any atom is -0.489 e. The summed E-state index contributed by atoms with van der Waals surface area (Å²) in [7, 11) is 0. The van der Waals surface area contributed by atoms with E-state index in [1.807, 2.05) is 30.3 Å². The fourth-order valence-electron chi connectivity index (χ4n) is 2.44. The first kappa shape index (κ1) is 19.7. The number of halogens is 2. The van der Waals surface area contributed by atoms with E-state index >= 15 is 0 Å². The van der Waals surface area contributed by atoms with Gasteiger partial charge in [0.2, 0.25) is 0 Å². The van der Waals surface area contributed by atoms with E-state index in [-0.39, 0.29) is 5.02 Å². The van der Waals surface area contributed by atoms with E-state index in [1.54, 1.807) is 31.2 Å². The van der Waals surface area contributed by atoms with Crippen LogP contribution in [-0.2, 0) is 11.4 Å². The molecule has 1 N–H and O–H groups in total. The van der Waals surface area contributed by atoms with Crippen LogP contribution in [0.2, 0.25) is 5.02 Å². The van der Waals surface area contributed by atoms with Crippen LogP contribution in [0.1, 0.15) is 12.5 Å². The largest absolute Gasteiger partial charge is 0.489 e. The van der Waals surface area contributed by atoms with Crippen LogP contribution in [-0.4, -0.2) is 12.0 Å². The van der Waals surface area contributed by atoms with E-state index in [1.165, 1.54) is 12.1 Å². The van der Waals surface area contributed by atoms with Crippen molar-refractivity contribution in [2.75, 3.05) is 5.32 Å². The Morgan fingerprint density at radius 2 is 1.71 bits per heavy atom. The number of carbonyl (C=O) groups excluding carboxylic acids is 1. The van der Waals surface area contributed by atoms with Gasteiger partial charge in [0.1, 0.15) is 23.9 Å². The lowest BCUT2D eigenvalue weighted by atomic mass is 10.2. The van der Waals surface area contributed by atoms with Crippen molar-refractivity contribution < 1.29 is 18.7 Å². The summed E-state index contributed by atoms with van der Waals surface area (Å²) in [6, 6.07) is 20.6. The second-order valence-electron chi connectivity index (χ2n) is 6.12. The van der Waals surface area contributed by atoms with Gasteiger partial charge in [0, 0.05) is 0 Å². The van der Waals surface area contributed by atoms with Gasteiger partial charge >= 0.3 is 0 Å². The Balaban J connectivity index is 1.53. The molecular formula is C22H19ClFNO3. The molecule has 0 bridgehead atoms. The molecule has 4 nitrogen and oxygen atoms in total. The van der Waals surface area contributed by atoms with Gasteiger partial charge in [-0.05, 0) is 55.0 Å². The molecule has 0 spiro atoms. The molecule has 144 valence electrons. The first-order valence-corrected chi connectivity index (χ1v) is 9.08. The lowest BCUT2D eigenvalue weighted by molar-refractivity contribution is -0.122. The van der Waals surface area contributed by atoms with Crippen LogP contribution in [0.25, 0.3) is 0 Å². The van der Waals surface area contributed by atoms with Crippen molar-refractivity contribution >= 4 is 23.2 Å². The van der Waals surface area contributed by atoms with Crippen molar-refractivity contribution in [1.29, 1.82) is 0 Å². The van der Waals surface area contributed by atoms with Crippen LogP contribution in [0.5, 0.6) is 11.5 Å². The minimum atomic E-state index is -0.766. The summed E-state index contributed by atoms with van der Waals surface area (Å²) in [4.78, 5) is 12.3. The maximum Gasteiger partial charge on any atom is 0.265 e. The Bertz CT molecular complexity index is 932. The topological polar surface area (TPSA) is 47.6 Å². The number of nitrogens with one attached hydrogen (secondary N) is 1. The molecule has 0 radical (unpaired) electrons. The third-order valence-electron chi connectivity index (χ3n) is 3.94. The molecule has 3 aromatic carbocycles. The molecule has 0 heterocycles. The number of rotatable bonds is 7. The van der Waals surface area contributed by atoms with Gasteiger partial charge in [-0.25, -0.2) is 4.39 Å². The van der Waals surface area contributed by atoms with Crippen LogP contribution >= 0.6 is 11.6 Å². The summed E-state index contributed by atoms with van der Waals surface area (Å²) in [5.41, 5.74) is 1.40. The Hall–Kier alpha value is -3.05. The van der Waals surface area contributed by atoms with Gasteiger partial charge in [-0.15, -0.1) is 0 Å². The molecule has 0 saturated carbocycles. The predicted molar refractivity (Wildman–Crippen MR) is 107 cm³/mol. The summed E-state index contributed by atoms with van der Waals surface area (Å²) >= 11 is 5.92. The highest BCUT2D eigenvalue weighted by atomic mass is 35.5. The van der Waals surface area contributed by atoms with E-state index in [4.69, 9.17) is 21.1 Å². The van der Waals surface area contributed by atoms with Gasteiger partial charge in [0.05, 0.1) is 10.7 Å². The second-order valence-corrected chi connectivity index (χ2v) is 6.53. The van der Waals surface area contributed by atoms with Gasteiger partial charge in [0.25, 0.3) is 5.91 Å². The number of hydrogen-bond acceptors (Lipinski definition) is 3. The summed E-state index contributed by atoms with van der Waals surface area (Å²) in [6.07, 6.45) is -0.766. The highest BCUT2D eigenvalue weighted by Gasteiger charge is 2.16. The molecule has 0 unspecified atom stereocenters. The Morgan fingerprint density at radius 3 is 2.39 bits per heavy atom. The molecular weight excluding hydrogens is 381 g/mol. The first-order chi connectivity index (χ1) is 13.5. The maximum absolute atomic E-state index is 13.1. The fourth-order valence-corrected chi connectivity index (χ4v) is 2.65. The van der Waals surface area contributed by atoms with E-state index in [2.05, 4.69) is 5.32 Å². The normalized spacial score (nSPS) is 11.5. The number of ether oxygens (including phenoxy) is 2. The molecule has 0 aliphatic carbocycles.